The summed E-state index contributed by atoms with van der Waals surface area (Å²) in [5.41, 5.74) is -2.29. The molecule has 0 aromatic heterocycles. The number of para-hydroxylation sites is 1. The summed E-state index contributed by atoms with van der Waals surface area (Å²) in [5.74, 6) is -0.490. The highest BCUT2D eigenvalue weighted by Gasteiger charge is 2.61. The molecule has 1 aromatic carbocycles. The fourth-order valence-corrected chi connectivity index (χ4v) is 3.93. The van der Waals surface area contributed by atoms with Gasteiger partial charge in [-0.15, -0.1) is 0 Å². The normalized spacial score (nSPS) is 23.2. The number of carbonyl (C=O) groups is 2. The van der Waals surface area contributed by atoms with E-state index in [0.29, 0.717) is 13.1 Å². The first-order valence-corrected chi connectivity index (χ1v) is 10.3. The monoisotopic (exact) mass is 442 g/mol. The van der Waals surface area contributed by atoms with Crippen molar-refractivity contribution in [2.45, 2.75) is 51.9 Å². The number of halogens is 3. The number of nitrogens with zero attached hydrogens (tertiary/aromatic N) is 1. The highest BCUT2D eigenvalue weighted by molar-refractivity contribution is 5.84. The van der Waals surface area contributed by atoms with Crippen molar-refractivity contribution in [3.8, 4) is 5.75 Å². The molecule has 6 nitrogen and oxygen atoms in total. The zero-order valence-electron chi connectivity index (χ0n) is 18.4. The van der Waals surface area contributed by atoms with Crippen LogP contribution in [-0.2, 0) is 15.7 Å². The van der Waals surface area contributed by atoms with Gasteiger partial charge in [-0.25, -0.2) is 4.79 Å². The molecule has 172 valence electrons. The van der Waals surface area contributed by atoms with Crippen molar-refractivity contribution in [2.24, 2.45) is 17.8 Å². The van der Waals surface area contributed by atoms with Gasteiger partial charge in [0.25, 0.3) is 0 Å². The van der Waals surface area contributed by atoms with Crippen molar-refractivity contribution in [1.29, 1.82) is 0 Å². The number of carbonyl (C=O) groups excluding carboxylic acids is 2. The summed E-state index contributed by atoms with van der Waals surface area (Å²) in [7, 11) is 0. The third-order valence-corrected chi connectivity index (χ3v) is 5.39. The molecule has 2 fully saturated rings. The number of alkyl halides is 3. The lowest BCUT2D eigenvalue weighted by atomic mass is 10.1. The van der Waals surface area contributed by atoms with Gasteiger partial charge in [0.15, 0.2) is 0 Å². The van der Waals surface area contributed by atoms with Crippen molar-refractivity contribution in [1.82, 2.24) is 10.2 Å². The Morgan fingerprint density at radius 3 is 2.19 bits per heavy atom. The van der Waals surface area contributed by atoms with Crippen LogP contribution < -0.4 is 10.1 Å². The van der Waals surface area contributed by atoms with Gasteiger partial charge in [0, 0.05) is 19.0 Å². The maximum atomic E-state index is 13.1. The average Bonchev–Trinajstić information content (AvgIpc) is 3.12. The van der Waals surface area contributed by atoms with Crippen LogP contribution in [0.1, 0.15) is 40.2 Å². The predicted octanol–water partition coefficient (Wildman–Crippen LogP) is 4.09. The van der Waals surface area contributed by atoms with Crippen LogP contribution >= 0.6 is 0 Å². The summed E-state index contributed by atoms with van der Waals surface area (Å²) in [5, 5.41) is 2.88. The molecular formula is C22H29F3N2O4. The lowest BCUT2D eigenvalue weighted by molar-refractivity contribution is -0.139. The smallest absolute Gasteiger partial charge is 0.419 e. The van der Waals surface area contributed by atoms with Crippen LogP contribution in [0.2, 0.25) is 0 Å². The van der Waals surface area contributed by atoms with Crippen molar-refractivity contribution < 1.29 is 32.2 Å². The molecule has 1 aromatic rings. The fraction of sp³-hybridized carbons (Fsp3) is 0.636. The summed E-state index contributed by atoms with van der Waals surface area (Å²) >= 11 is 0. The number of hydrogen-bond donors (Lipinski definition) is 1. The molecule has 1 saturated carbocycles. The van der Waals surface area contributed by atoms with Crippen LogP contribution in [0.5, 0.6) is 5.75 Å². The number of amides is 2. The molecular weight excluding hydrogens is 413 g/mol. The number of piperidine rings is 1. The number of benzene rings is 1. The summed E-state index contributed by atoms with van der Waals surface area (Å²) in [4.78, 5) is 26.5. The fourth-order valence-electron chi connectivity index (χ4n) is 3.93. The minimum absolute atomic E-state index is 0.0789. The molecule has 1 heterocycles. The molecule has 1 aliphatic heterocycles. The molecule has 0 radical (unpaired) electrons. The topological polar surface area (TPSA) is 67.9 Å². The van der Waals surface area contributed by atoms with E-state index < -0.39 is 22.9 Å². The summed E-state index contributed by atoms with van der Waals surface area (Å²) in [6.07, 6.45) is -4.90. The first-order chi connectivity index (χ1) is 14.2. The Morgan fingerprint density at radius 2 is 1.65 bits per heavy atom. The lowest BCUT2D eigenvalue weighted by Gasteiger charge is -2.28. The molecule has 3 atom stereocenters. The molecule has 3 rings (SSSR count). The molecule has 1 saturated heterocycles. The first kappa shape index (κ1) is 23.2. The third-order valence-electron chi connectivity index (χ3n) is 5.39. The maximum Gasteiger partial charge on any atom is 0.419 e. The van der Waals surface area contributed by atoms with Crippen LogP contribution in [-0.4, -0.2) is 47.7 Å². The summed E-state index contributed by atoms with van der Waals surface area (Å²) < 4.78 is 50.1. The minimum atomic E-state index is -4.52. The largest absolute Gasteiger partial charge is 0.491 e. The lowest BCUT2D eigenvalue weighted by Crippen LogP contribution is -2.49. The van der Waals surface area contributed by atoms with E-state index in [-0.39, 0.29) is 42.1 Å². The second kappa shape index (κ2) is 7.91. The summed E-state index contributed by atoms with van der Waals surface area (Å²) in [6.45, 7) is 9.62. The Kier molecular flexibility index (Phi) is 5.92. The van der Waals surface area contributed by atoms with Gasteiger partial charge in [0.05, 0.1) is 11.1 Å². The molecule has 2 amide bonds. The van der Waals surface area contributed by atoms with Gasteiger partial charge >= 0.3 is 12.3 Å². The molecule has 1 aliphatic carbocycles. The Balaban J connectivity index is 1.51. The van der Waals surface area contributed by atoms with Crippen LogP contribution in [0, 0.1) is 17.8 Å². The number of fused-ring (bicyclic) bond motifs is 1. The highest BCUT2D eigenvalue weighted by Crippen LogP contribution is 2.52. The standard InChI is InChI=1S/C22H29F3N2O4/c1-20(2,3)31-19(29)27-10-13-14(11-27)17(13)18(28)26-21(4,5)12-30-16-9-7-6-8-15(16)22(23,24)25/h6-9,13-14,17H,10-12H2,1-5H3,(H,26,28)/t13-,14+,17?. The van der Waals surface area contributed by atoms with Crippen LogP contribution in [0.3, 0.4) is 0 Å². The molecule has 31 heavy (non-hydrogen) atoms. The highest BCUT2D eigenvalue weighted by atomic mass is 19.4. The quantitative estimate of drug-likeness (QED) is 0.746. The van der Waals surface area contributed by atoms with Gasteiger partial charge < -0.3 is 19.7 Å². The Labute approximate surface area is 180 Å². The van der Waals surface area contributed by atoms with E-state index in [4.69, 9.17) is 9.47 Å². The zero-order valence-corrected chi connectivity index (χ0v) is 18.4. The average molecular weight is 442 g/mol. The SMILES string of the molecule is CC(C)(COc1ccccc1C(F)(F)F)NC(=O)C1[C@H]2CN(C(=O)OC(C)(C)C)C[C@@H]12. The molecule has 0 spiro atoms. The van der Waals surface area contributed by atoms with Crippen molar-refractivity contribution >= 4 is 12.0 Å². The Bertz CT molecular complexity index is 836. The van der Waals surface area contributed by atoms with Crippen molar-refractivity contribution in [3.63, 3.8) is 0 Å². The first-order valence-electron chi connectivity index (χ1n) is 10.3. The molecule has 0 bridgehead atoms. The van der Waals surface area contributed by atoms with Crippen molar-refractivity contribution in [2.75, 3.05) is 19.7 Å². The van der Waals surface area contributed by atoms with E-state index in [0.717, 1.165) is 6.07 Å². The minimum Gasteiger partial charge on any atom is -0.491 e. The van der Waals surface area contributed by atoms with Gasteiger partial charge in [-0.3, -0.25) is 4.79 Å². The van der Waals surface area contributed by atoms with Gasteiger partial charge in [-0.05, 0) is 58.6 Å². The molecule has 1 N–H and O–H groups in total. The zero-order chi connectivity index (χ0) is 23.2. The Morgan fingerprint density at radius 1 is 1.06 bits per heavy atom. The summed E-state index contributed by atoms with van der Waals surface area (Å²) in [6, 6.07) is 4.99. The van der Waals surface area contributed by atoms with E-state index >= 15 is 0 Å². The van der Waals surface area contributed by atoms with Gasteiger partial charge in [0.2, 0.25) is 5.91 Å². The van der Waals surface area contributed by atoms with E-state index in [1.165, 1.54) is 18.2 Å². The second-order valence-electron chi connectivity index (χ2n) is 9.89. The molecule has 9 heteroatoms. The number of nitrogens with one attached hydrogen (secondary N) is 1. The number of hydrogen-bond acceptors (Lipinski definition) is 4. The van der Waals surface area contributed by atoms with Gasteiger partial charge in [-0.2, -0.15) is 13.2 Å². The maximum absolute atomic E-state index is 13.1. The molecule has 1 unspecified atom stereocenters. The predicted molar refractivity (Wildman–Crippen MR) is 107 cm³/mol. The third kappa shape index (κ3) is 5.62. The van der Waals surface area contributed by atoms with E-state index in [2.05, 4.69) is 5.32 Å². The van der Waals surface area contributed by atoms with E-state index in [1.54, 1.807) is 39.5 Å². The van der Waals surface area contributed by atoms with Crippen LogP contribution in [0.4, 0.5) is 18.0 Å². The van der Waals surface area contributed by atoms with E-state index in [9.17, 15) is 22.8 Å². The van der Waals surface area contributed by atoms with Crippen LogP contribution in [0.15, 0.2) is 24.3 Å². The Hall–Kier alpha value is -2.45. The molecule has 2 aliphatic rings. The van der Waals surface area contributed by atoms with E-state index in [1.807, 2.05) is 0 Å². The second-order valence-corrected chi connectivity index (χ2v) is 9.89. The number of likely N-dealkylation sites (tertiary alicyclic amines) is 1. The number of ether oxygens (including phenoxy) is 2. The van der Waals surface area contributed by atoms with Gasteiger partial charge in [-0.1, -0.05) is 12.1 Å². The van der Waals surface area contributed by atoms with Crippen LogP contribution in [0.25, 0.3) is 0 Å². The van der Waals surface area contributed by atoms with Crippen molar-refractivity contribution in [3.05, 3.63) is 29.8 Å². The number of rotatable bonds is 5. The van der Waals surface area contributed by atoms with Gasteiger partial charge in [0.1, 0.15) is 18.0 Å².